The highest BCUT2D eigenvalue weighted by Crippen LogP contribution is 2.33. The van der Waals surface area contributed by atoms with E-state index in [2.05, 4.69) is 71.2 Å². The monoisotopic (exact) mass is 506 g/mol. The van der Waals surface area contributed by atoms with Crippen molar-refractivity contribution in [2.24, 2.45) is 11.8 Å². The van der Waals surface area contributed by atoms with Gasteiger partial charge in [-0.15, -0.1) is 0 Å². The van der Waals surface area contributed by atoms with Crippen LogP contribution in [0.1, 0.15) is 54.5 Å². The van der Waals surface area contributed by atoms with Crippen molar-refractivity contribution in [2.45, 2.75) is 39.3 Å². The molecule has 0 aliphatic carbocycles. The number of benzene rings is 3. The average Bonchev–Trinajstić information content (AvgIpc) is 3.37. The first-order chi connectivity index (χ1) is 18.6. The van der Waals surface area contributed by atoms with Gasteiger partial charge in [0, 0.05) is 30.4 Å². The summed E-state index contributed by atoms with van der Waals surface area (Å²) < 4.78 is 2.26. The van der Waals surface area contributed by atoms with Gasteiger partial charge in [0.15, 0.2) is 0 Å². The van der Waals surface area contributed by atoms with Crippen LogP contribution >= 0.6 is 0 Å². The normalized spacial score (nSPS) is 16.3. The molecular weight excluding hydrogens is 468 g/mol. The van der Waals surface area contributed by atoms with Gasteiger partial charge in [0.25, 0.3) is 5.91 Å². The van der Waals surface area contributed by atoms with Crippen LogP contribution in [0.2, 0.25) is 0 Å². The molecule has 1 fully saturated rings. The standard InChI is InChI=1S/C33H38N4O/c1-25(2)31(37(23-27-15-12-20-34-21-27)33(38)29-18-10-5-11-19-29)32-35-30(28-16-8-4-9-17-28)24-36(32)22-26-13-6-3-7-14-26/h3-11,13-14,16-19,24-25,27,31,34H,12,15,20-23H2,1-2H3/t27-,31-/m1/s1. The topological polar surface area (TPSA) is 50.2 Å². The Morgan fingerprint density at radius 1 is 0.974 bits per heavy atom. The first-order valence-electron chi connectivity index (χ1n) is 13.8. The Balaban J connectivity index is 1.59. The fraction of sp³-hybridized carbons (Fsp3) is 0.333. The second kappa shape index (κ2) is 12.2. The molecule has 2 heterocycles. The van der Waals surface area contributed by atoms with Gasteiger partial charge in [-0.1, -0.05) is 92.7 Å². The summed E-state index contributed by atoms with van der Waals surface area (Å²) in [7, 11) is 0. The van der Waals surface area contributed by atoms with Crippen LogP contribution in [-0.4, -0.2) is 40.0 Å². The predicted octanol–water partition coefficient (Wildman–Crippen LogP) is 6.44. The molecular formula is C33H38N4O. The summed E-state index contributed by atoms with van der Waals surface area (Å²) >= 11 is 0. The van der Waals surface area contributed by atoms with Crippen molar-refractivity contribution in [3.8, 4) is 11.3 Å². The molecule has 5 heteroatoms. The Hall–Kier alpha value is -3.70. The molecule has 0 spiro atoms. The maximum atomic E-state index is 14.2. The van der Waals surface area contributed by atoms with E-state index in [-0.39, 0.29) is 17.9 Å². The van der Waals surface area contributed by atoms with Crippen LogP contribution in [0, 0.1) is 11.8 Å². The lowest BCUT2D eigenvalue weighted by Gasteiger charge is -2.38. The zero-order valence-corrected chi connectivity index (χ0v) is 22.5. The number of amides is 1. The van der Waals surface area contributed by atoms with E-state index < -0.39 is 0 Å². The number of hydrogen-bond donors (Lipinski definition) is 1. The summed E-state index contributed by atoms with van der Waals surface area (Å²) in [5, 5.41) is 3.54. The third-order valence-electron chi connectivity index (χ3n) is 7.44. The largest absolute Gasteiger partial charge is 0.328 e. The van der Waals surface area contributed by atoms with E-state index in [4.69, 9.17) is 4.98 Å². The highest BCUT2D eigenvalue weighted by Gasteiger charge is 2.34. The molecule has 0 bridgehead atoms. The van der Waals surface area contributed by atoms with E-state index in [0.717, 1.165) is 48.6 Å². The minimum Gasteiger partial charge on any atom is -0.328 e. The molecule has 0 unspecified atom stereocenters. The summed E-state index contributed by atoms with van der Waals surface area (Å²) in [6, 6.07) is 30.4. The SMILES string of the molecule is CC(C)[C@H](c1nc(-c2ccccc2)cn1Cc1ccccc1)N(C[C@@H]1CCCNC1)C(=O)c1ccccc1. The predicted molar refractivity (Wildman–Crippen MR) is 154 cm³/mol. The molecule has 4 aromatic rings. The van der Waals surface area contributed by atoms with Gasteiger partial charge in [0.2, 0.25) is 0 Å². The first-order valence-corrected chi connectivity index (χ1v) is 13.8. The van der Waals surface area contributed by atoms with E-state index in [0.29, 0.717) is 19.0 Å². The summed E-state index contributed by atoms with van der Waals surface area (Å²) in [6.07, 6.45) is 4.43. The Kier molecular flexibility index (Phi) is 8.34. The number of carbonyl (C=O) groups excluding carboxylic acids is 1. The van der Waals surface area contributed by atoms with Gasteiger partial charge < -0.3 is 14.8 Å². The van der Waals surface area contributed by atoms with Crippen LogP contribution in [0.5, 0.6) is 0 Å². The molecule has 1 N–H and O–H groups in total. The molecule has 3 aromatic carbocycles. The molecule has 1 aliphatic rings. The maximum absolute atomic E-state index is 14.2. The molecule has 5 nitrogen and oxygen atoms in total. The minimum atomic E-state index is -0.161. The summed E-state index contributed by atoms with van der Waals surface area (Å²) in [5.74, 6) is 1.62. The molecule has 1 aromatic heterocycles. The van der Waals surface area contributed by atoms with Crippen LogP contribution in [0.25, 0.3) is 11.3 Å². The number of imidazole rings is 1. The molecule has 0 radical (unpaired) electrons. The first kappa shape index (κ1) is 25.9. The van der Waals surface area contributed by atoms with Gasteiger partial charge in [-0.25, -0.2) is 4.98 Å². The van der Waals surface area contributed by atoms with Gasteiger partial charge in [0.1, 0.15) is 5.82 Å². The third kappa shape index (κ3) is 6.05. The Labute approximate surface area is 226 Å². The zero-order chi connectivity index (χ0) is 26.3. The van der Waals surface area contributed by atoms with Crippen LogP contribution in [0.15, 0.2) is 97.2 Å². The second-order valence-corrected chi connectivity index (χ2v) is 10.7. The minimum absolute atomic E-state index is 0.0744. The number of nitrogens with one attached hydrogen (secondary N) is 1. The van der Waals surface area contributed by atoms with Crippen molar-refractivity contribution < 1.29 is 4.79 Å². The quantitative estimate of drug-likeness (QED) is 0.284. The summed E-state index contributed by atoms with van der Waals surface area (Å²) in [4.78, 5) is 21.5. The smallest absolute Gasteiger partial charge is 0.254 e. The van der Waals surface area contributed by atoms with E-state index in [1.54, 1.807) is 0 Å². The second-order valence-electron chi connectivity index (χ2n) is 10.7. The van der Waals surface area contributed by atoms with Crippen molar-refractivity contribution in [1.82, 2.24) is 19.8 Å². The highest BCUT2D eigenvalue weighted by atomic mass is 16.2. The van der Waals surface area contributed by atoms with Gasteiger partial charge in [-0.3, -0.25) is 4.79 Å². The van der Waals surface area contributed by atoms with E-state index in [9.17, 15) is 4.79 Å². The van der Waals surface area contributed by atoms with Crippen molar-refractivity contribution in [3.05, 3.63) is 114 Å². The fourth-order valence-corrected chi connectivity index (χ4v) is 5.55. The average molecular weight is 507 g/mol. The van der Waals surface area contributed by atoms with Gasteiger partial charge in [0.05, 0.1) is 11.7 Å². The number of hydrogen-bond acceptors (Lipinski definition) is 3. The van der Waals surface area contributed by atoms with Crippen LogP contribution in [-0.2, 0) is 6.54 Å². The van der Waals surface area contributed by atoms with Crippen LogP contribution in [0.4, 0.5) is 0 Å². The molecule has 196 valence electrons. The van der Waals surface area contributed by atoms with Gasteiger partial charge in [-0.2, -0.15) is 0 Å². The Bertz CT molecular complexity index is 1290. The van der Waals surface area contributed by atoms with Crippen molar-refractivity contribution in [2.75, 3.05) is 19.6 Å². The van der Waals surface area contributed by atoms with Crippen molar-refractivity contribution in [1.29, 1.82) is 0 Å². The lowest BCUT2D eigenvalue weighted by molar-refractivity contribution is 0.0546. The highest BCUT2D eigenvalue weighted by molar-refractivity contribution is 5.94. The van der Waals surface area contributed by atoms with Crippen LogP contribution in [0.3, 0.4) is 0 Å². The number of piperidine rings is 1. The van der Waals surface area contributed by atoms with Gasteiger partial charge in [-0.05, 0) is 55.5 Å². The summed E-state index contributed by atoms with van der Waals surface area (Å²) in [6.45, 7) is 7.83. The number of aromatic nitrogens is 2. The van der Waals surface area contributed by atoms with Crippen molar-refractivity contribution >= 4 is 5.91 Å². The lowest BCUT2D eigenvalue weighted by Crippen LogP contribution is -2.45. The van der Waals surface area contributed by atoms with Gasteiger partial charge >= 0.3 is 0 Å². The Morgan fingerprint density at radius 3 is 2.26 bits per heavy atom. The number of carbonyl (C=O) groups is 1. The van der Waals surface area contributed by atoms with Crippen LogP contribution < -0.4 is 5.32 Å². The summed E-state index contributed by atoms with van der Waals surface area (Å²) in [5.41, 5.74) is 3.96. The molecule has 5 rings (SSSR count). The third-order valence-corrected chi connectivity index (χ3v) is 7.44. The maximum Gasteiger partial charge on any atom is 0.254 e. The molecule has 1 saturated heterocycles. The number of nitrogens with zero attached hydrogens (tertiary/aromatic N) is 3. The molecule has 0 saturated carbocycles. The molecule has 38 heavy (non-hydrogen) atoms. The van der Waals surface area contributed by atoms with E-state index in [1.165, 1.54) is 5.56 Å². The van der Waals surface area contributed by atoms with E-state index in [1.807, 2.05) is 54.6 Å². The Morgan fingerprint density at radius 2 is 1.63 bits per heavy atom. The van der Waals surface area contributed by atoms with Crippen molar-refractivity contribution in [3.63, 3.8) is 0 Å². The molecule has 2 atom stereocenters. The molecule has 1 amide bonds. The fourth-order valence-electron chi connectivity index (χ4n) is 5.55. The molecule has 1 aliphatic heterocycles. The zero-order valence-electron chi connectivity index (χ0n) is 22.5. The lowest BCUT2D eigenvalue weighted by atomic mass is 9.94. The number of rotatable bonds is 9. The van der Waals surface area contributed by atoms with E-state index >= 15 is 0 Å².